The van der Waals surface area contributed by atoms with Crippen molar-refractivity contribution in [1.29, 1.82) is 0 Å². The number of piperidine rings is 1. The number of hydrogen-bond donors (Lipinski definition) is 3. The minimum atomic E-state index is -1.17. The summed E-state index contributed by atoms with van der Waals surface area (Å²) in [6.45, 7) is 0.666. The monoisotopic (exact) mass is 258 g/mol. The van der Waals surface area contributed by atoms with Crippen molar-refractivity contribution in [3.8, 4) is 0 Å². The predicted molar refractivity (Wildman–Crippen MR) is 61.7 cm³/mol. The molecule has 7 heteroatoms. The first-order chi connectivity index (χ1) is 8.47. The molecule has 2 unspecified atom stereocenters. The Morgan fingerprint density at radius 1 is 1.17 bits per heavy atom. The lowest BCUT2D eigenvalue weighted by Gasteiger charge is -2.34. The highest BCUT2D eigenvalue weighted by Gasteiger charge is 2.39. The standard InChI is InChI=1S/C11H18N2O5/c12-4-1-2-9(14)13-5-3-7(10(15)16)8(6-13)11(17)18/h7-8H,1-6,12H2,(H,15,16)(H,17,18). The summed E-state index contributed by atoms with van der Waals surface area (Å²) in [6.07, 6.45) is 1.01. The zero-order valence-electron chi connectivity index (χ0n) is 10.0. The molecule has 0 aromatic rings. The molecule has 18 heavy (non-hydrogen) atoms. The van der Waals surface area contributed by atoms with E-state index < -0.39 is 23.8 Å². The third-order valence-electron chi connectivity index (χ3n) is 3.19. The van der Waals surface area contributed by atoms with E-state index >= 15 is 0 Å². The van der Waals surface area contributed by atoms with Gasteiger partial charge in [-0.1, -0.05) is 0 Å². The number of amides is 1. The molecule has 1 aliphatic heterocycles. The zero-order valence-corrected chi connectivity index (χ0v) is 10.0. The lowest BCUT2D eigenvalue weighted by Crippen LogP contribution is -2.48. The normalized spacial score (nSPS) is 23.7. The Hall–Kier alpha value is -1.63. The maximum absolute atomic E-state index is 11.7. The van der Waals surface area contributed by atoms with Crippen LogP contribution in [-0.4, -0.2) is 52.6 Å². The minimum absolute atomic E-state index is 0.0320. The molecule has 4 N–H and O–H groups in total. The van der Waals surface area contributed by atoms with Crippen molar-refractivity contribution >= 4 is 17.8 Å². The summed E-state index contributed by atoms with van der Waals surface area (Å²) in [5.41, 5.74) is 5.30. The molecule has 1 fully saturated rings. The highest BCUT2D eigenvalue weighted by molar-refractivity contribution is 5.82. The first kappa shape index (κ1) is 14.4. The Balaban J connectivity index is 2.65. The molecule has 0 saturated carbocycles. The van der Waals surface area contributed by atoms with Gasteiger partial charge in [0.25, 0.3) is 0 Å². The number of nitrogens with two attached hydrogens (primary N) is 1. The molecule has 0 aromatic carbocycles. The van der Waals surface area contributed by atoms with Gasteiger partial charge in [0.2, 0.25) is 5.91 Å². The number of carbonyl (C=O) groups is 3. The second kappa shape index (κ2) is 6.34. The quantitative estimate of drug-likeness (QED) is 0.603. The van der Waals surface area contributed by atoms with E-state index in [0.717, 1.165) is 0 Å². The first-order valence-electron chi connectivity index (χ1n) is 5.90. The summed E-state index contributed by atoms with van der Waals surface area (Å²) in [5.74, 6) is -4.38. The van der Waals surface area contributed by atoms with Crippen LogP contribution in [0.4, 0.5) is 0 Å². The number of likely N-dealkylation sites (tertiary alicyclic amines) is 1. The largest absolute Gasteiger partial charge is 0.481 e. The molecule has 1 amide bonds. The lowest BCUT2D eigenvalue weighted by molar-refractivity contribution is -0.159. The van der Waals surface area contributed by atoms with Crippen molar-refractivity contribution in [1.82, 2.24) is 4.90 Å². The molecule has 0 aliphatic carbocycles. The molecular weight excluding hydrogens is 240 g/mol. The van der Waals surface area contributed by atoms with Gasteiger partial charge in [-0.2, -0.15) is 0 Å². The summed E-state index contributed by atoms with van der Waals surface area (Å²) < 4.78 is 0. The molecule has 0 spiro atoms. The van der Waals surface area contributed by atoms with Crippen LogP contribution in [0.25, 0.3) is 0 Å². The van der Waals surface area contributed by atoms with E-state index in [1.165, 1.54) is 4.90 Å². The molecular formula is C11H18N2O5. The van der Waals surface area contributed by atoms with Gasteiger partial charge in [-0.05, 0) is 19.4 Å². The van der Waals surface area contributed by atoms with Crippen LogP contribution in [0, 0.1) is 11.8 Å². The molecule has 0 radical (unpaired) electrons. The van der Waals surface area contributed by atoms with E-state index in [4.69, 9.17) is 15.9 Å². The second-order valence-electron chi connectivity index (χ2n) is 4.41. The van der Waals surface area contributed by atoms with Gasteiger partial charge in [0, 0.05) is 19.5 Å². The van der Waals surface area contributed by atoms with Crippen molar-refractivity contribution in [3.63, 3.8) is 0 Å². The topological polar surface area (TPSA) is 121 Å². The Morgan fingerprint density at radius 3 is 2.28 bits per heavy atom. The summed E-state index contributed by atoms with van der Waals surface area (Å²) in [7, 11) is 0. The van der Waals surface area contributed by atoms with Gasteiger partial charge in [0.1, 0.15) is 0 Å². The summed E-state index contributed by atoms with van der Waals surface area (Å²) in [5, 5.41) is 18.0. The van der Waals surface area contributed by atoms with Gasteiger partial charge in [-0.15, -0.1) is 0 Å². The first-order valence-corrected chi connectivity index (χ1v) is 5.90. The molecule has 2 atom stereocenters. The number of carboxylic acids is 2. The van der Waals surface area contributed by atoms with Crippen LogP contribution in [0.5, 0.6) is 0 Å². The molecule has 1 rings (SSSR count). The van der Waals surface area contributed by atoms with Crippen molar-refractivity contribution in [2.24, 2.45) is 17.6 Å². The third kappa shape index (κ3) is 3.43. The van der Waals surface area contributed by atoms with Crippen molar-refractivity contribution in [2.45, 2.75) is 19.3 Å². The maximum Gasteiger partial charge on any atom is 0.309 e. The van der Waals surface area contributed by atoms with E-state index in [0.29, 0.717) is 19.5 Å². The van der Waals surface area contributed by atoms with Crippen LogP contribution in [-0.2, 0) is 14.4 Å². The van der Waals surface area contributed by atoms with Crippen molar-refractivity contribution in [2.75, 3.05) is 19.6 Å². The van der Waals surface area contributed by atoms with E-state index in [1.54, 1.807) is 0 Å². The van der Waals surface area contributed by atoms with E-state index in [1.807, 2.05) is 0 Å². The average molecular weight is 258 g/mol. The average Bonchev–Trinajstić information content (AvgIpc) is 2.34. The van der Waals surface area contributed by atoms with Gasteiger partial charge >= 0.3 is 11.9 Å². The van der Waals surface area contributed by atoms with E-state index in [2.05, 4.69) is 0 Å². The third-order valence-corrected chi connectivity index (χ3v) is 3.19. The lowest BCUT2D eigenvalue weighted by atomic mass is 9.85. The Kier molecular flexibility index (Phi) is 5.08. The highest BCUT2D eigenvalue weighted by atomic mass is 16.4. The van der Waals surface area contributed by atoms with Gasteiger partial charge in [-0.25, -0.2) is 0 Å². The number of carbonyl (C=O) groups excluding carboxylic acids is 1. The van der Waals surface area contributed by atoms with Crippen LogP contribution >= 0.6 is 0 Å². The summed E-state index contributed by atoms with van der Waals surface area (Å²) >= 11 is 0. The zero-order chi connectivity index (χ0) is 13.7. The fourth-order valence-electron chi connectivity index (χ4n) is 2.14. The van der Waals surface area contributed by atoms with Gasteiger partial charge in [-0.3, -0.25) is 14.4 Å². The number of hydrogen-bond acceptors (Lipinski definition) is 4. The number of carboxylic acid groups (broad SMARTS) is 2. The minimum Gasteiger partial charge on any atom is -0.481 e. The number of rotatable bonds is 5. The Bertz CT molecular complexity index is 344. The number of nitrogens with zero attached hydrogens (tertiary/aromatic N) is 1. The molecule has 102 valence electrons. The fourth-order valence-corrected chi connectivity index (χ4v) is 2.14. The van der Waals surface area contributed by atoms with Gasteiger partial charge in [0.15, 0.2) is 0 Å². The van der Waals surface area contributed by atoms with Crippen LogP contribution < -0.4 is 5.73 Å². The smallest absolute Gasteiger partial charge is 0.309 e. The van der Waals surface area contributed by atoms with Crippen molar-refractivity contribution in [3.05, 3.63) is 0 Å². The molecule has 1 saturated heterocycles. The van der Waals surface area contributed by atoms with Crippen LogP contribution in [0.2, 0.25) is 0 Å². The van der Waals surface area contributed by atoms with E-state index in [-0.39, 0.29) is 25.3 Å². The van der Waals surface area contributed by atoms with Crippen molar-refractivity contribution < 1.29 is 24.6 Å². The van der Waals surface area contributed by atoms with E-state index in [9.17, 15) is 14.4 Å². The van der Waals surface area contributed by atoms with Crippen LogP contribution in [0.1, 0.15) is 19.3 Å². The molecule has 1 heterocycles. The maximum atomic E-state index is 11.7. The second-order valence-corrected chi connectivity index (χ2v) is 4.41. The fraction of sp³-hybridized carbons (Fsp3) is 0.727. The summed E-state index contributed by atoms with van der Waals surface area (Å²) in [4.78, 5) is 35.1. The highest BCUT2D eigenvalue weighted by Crippen LogP contribution is 2.24. The number of aliphatic carboxylic acids is 2. The van der Waals surface area contributed by atoms with Crippen LogP contribution in [0.3, 0.4) is 0 Å². The molecule has 0 aromatic heterocycles. The summed E-state index contributed by atoms with van der Waals surface area (Å²) in [6, 6.07) is 0. The SMILES string of the molecule is NCCCC(=O)N1CCC(C(=O)O)C(C(=O)O)C1. The van der Waals surface area contributed by atoms with Gasteiger partial charge in [0.05, 0.1) is 11.8 Å². The Labute approximate surface area is 105 Å². The molecule has 1 aliphatic rings. The van der Waals surface area contributed by atoms with Crippen LogP contribution in [0.15, 0.2) is 0 Å². The van der Waals surface area contributed by atoms with Gasteiger partial charge < -0.3 is 20.8 Å². The molecule has 0 bridgehead atoms. The molecule has 7 nitrogen and oxygen atoms in total. The Morgan fingerprint density at radius 2 is 1.78 bits per heavy atom. The predicted octanol–water partition coefficient (Wildman–Crippen LogP) is -0.641.